The molecule has 0 aliphatic heterocycles. The first kappa shape index (κ1) is 33.4. The summed E-state index contributed by atoms with van der Waals surface area (Å²) in [6, 6.07) is 0. The number of unbranched alkanes of at least 4 members (excludes halogenated alkanes) is 25. The van der Waals surface area contributed by atoms with Gasteiger partial charge in [-0.15, -0.1) is 0 Å². The molecule has 4 nitrogen and oxygen atoms in total. The molecule has 0 saturated heterocycles. The predicted molar refractivity (Wildman–Crippen MR) is 149 cm³/mol. The van der Waals surface area contributed by atoms with E-state index in [1.54, 1.807) is 0 Å². The van der Waals surface area contributed by atoms with Crippen molar-refractivity contribution in [3.8, 4) is 0 Å². The van der Waals surface area contributed by atoms with Crippen LogP contribution in [0.5, 0.6) is 0 Å². The molecule has 0 fully saturated rings. The number of nitrogens with one attached hydrogen (secondary N) is 2. The molecule has 3 N–H and O–H groups in total. The zero-order chi connectivity index (χ0) is 24.8. The largest absolute Gasteiger partial charge is 0.480 e. The molecule has 0 aliphatic carbocycles. The summed E-state index contributed by atoms with van der Waals surface area (Å²) in [4.78, 5) is 10.3. The summed E-state index contributed by atoms with van der Waals surface area (Å²) >= 11 is 0. The van der Waals surface area contributed by atoms with Gasteiger partial charge in [0.05, 0.1) is 0 Å². The van der Waals surface area contributed by atoms with Crippen LogP contribution in [0.25, 0.3) is 0 Å². The van der Waals surface area contributed by atoms with E-state index >= 15 is 0 Å². The van der Waals surface area contributed by atoms with Crippen molar-refractivity contribution in [2.45, 2.75) is 174 Å². The Morgan fingerprint density at radius 3 is 0.971 bits per heavy atom. The molecule has 0 aliphatic rings. The summed E-state index contributed by atoms with van der Waals surface area (Å²) in [6.45, 7) is 3.14. The fourth-order valence-corrected chi connectivity index (χ4v) is 4.76. The van der Waals surface area contributed by atoms with Crippen LogP contribution >= 0.6 is 0 Å². The fourth-order valence-electron chi connectivity index (χ4n) is 4.76. The first-order valence-corrected chi connectivity index (χ1v) is 15.4. The maximum atomic E-state index is 10.3. The summed E-state index contributed by atoms with van der Waals surface area (Å²) in [5.74, 6) is -0.822. The average Bonchev–Trinajstić information content (AvgIpc) is 2.83. The van der Waals surface area contributed by atoms with Gasteiger partial charge in [-0.2, -0.15) is 0 Å². The monoisotopic (exact) mass is 482 g/mol. The van der Waals surface area contributed by atoms with Gasteiger partial charge in [-0.3, -0.25) is 10.2 Å². The molecule has 0 spiro atoms. The lowest BCUT2D eigenvalue weighted by molar-refractivity contribution is -0.136. The van der Waals surface area contributed by atoms with Crippen LogP contribution in [0.4, 0.5) is 0 Å². The van der Waals surface area contributed by atoms with E-state index in [0.717, 1.165) is 13.0 Å². The Labute approximate surface area is 213 Å². The minimum atomic E-state index is -0.822. The molecule has 0 radical (unpaired) electrons. The van der Waals surface area contributed by atoms with Crippen LogP contribution in [0.3, 0.4) is 0 Å². The van der Waals surface area contributed by atoms with E-state index in [0.29, 0.717) is 0 Å². The molecule has 0 saturated carbocycles. The van der Waals surface area contributed by atoms with Gasteiger partial charge in [0.1, 0.15) is 6.54 Å². The third-order valence-electron chi connectivity index (χ3n) is 7.02. The minimum absolute atomic E-state index is 0.0144. The highest BCUT2D eigenvalue weighted by atomic mass is 16.4. The zero-order valence-electron chi connectivity index (χ0n) is 23.2. The van der Waals surface area contributed by atoms with E-state index in [4.69, 9.17) is 5.11 Å². The lowest BCUT2D eigenvalue weighted by atomic mass is 10.0. The number of rotatable bonds is 30. The van der Waals surface area contributed by atoms with E-state index in [-0.39, 0.29) is 6.54 Å². The summed E-state index contributed by atoms with van der Waals surface area (Å²) in [5, 5.41) is 8.51. The van der Waals surface area contributed by atoms with Gasteiger partial charge in [-0.05, 0) is 6.42 Å². The molecule has 0 amide bonds. The first-order chi connectivity index (χ1) is 16.8. The van der Waals surface area contributed by atoms with Crippen LogP contribution in [-0.2, 0) is 4.79 Å². The second-order valence-electron chi connectivity index (χ2n) is 10.5. The normalized spacial score (nSPS) is 11.3. The lowest BCUT2D eigenvalue weighted by Gasteiger charge is -2.05. The summed E-state index contributed by atoms with van der Waals surface area (Å²) in [6.07, 6.45) is 36.8. The van der Waals surface area contributed by atoms with Crippen LogP contribution in [0.1, 0.15) is 174 Å². The molecule has 0 heterocycles. The molecule has 0 rings (SSSR count). The van der Waals surface area contributed by atoms with Crippen LogP contribution in [0.15, 0.2) is 0 Å². The Bertz CT molecular complexity index is 390. The van der Waals surface area contributed by atoms with Crippen molar-refractivity contribution in [3.63, 3.8) is 0 Å². The molecule has 0 aromatic rings. The number of carboxylic acid groups (broad SMARTS) is 1. The Morgan fingerprint density at radius 1 is 0.441 bits per heavy atom. The van der Waals surface area contributed by atoms with Crippen molar-refractivity contribution >= 4 is 5.97 Å². The number of hydrogen-bond donors (Lipinski definition) is 3. The van der Waals surface area contributed by atoms with Crippen LogP contribution in [-0.4, -0.2) is 24.2 Å². The quantitative estimate of drug-likeness (QED) is 0.0705. The Morgan fingerprint density at radius 2 is 0.706 bits per heavy atom. The van der Waals surface area contributed by atoms with Crippen molar-refractivity contribution in [2.24, 2.45) is 0 Å². The van der Waals surface area contributed by atoms with Gasteiger partial charge in [0.2, 0.25) is 0 Å². The fraction of sp³-hybridized carbons (Fsp3) is 0.967. The Hall–Kier alpha value is -0.610. The molecular weight excluding hydrogens is 420 g/mol. The van der Waals surface area contributed by atoms with Crippen molar-refractivity contribution in [3.05, 3.63) is 0 Å². The van der Waals surface area contributed by atoms with Crippen LogP contribution in [0, 0.1) is 0 Å². The predicted octanol–water partition coefficient (Wildman–Crippen LogP) is 9.33. The molecule has 0 atom stereocenters. The van der Waals surface area contributed by atoms with E-state index in [1.807, 2.05) is 0 Å². The van der Waals surface area contributed by atoms with Crippen molar-refractivity contribution < 1.29 is 9.90 Å². The topological polar surface area (TPSA) is 61.4 Å². The van der Waals surface area contributed by atoms with Crippen molar-refractivity contribution in [2.75, 3.05) is 13.1 Å². The highest BCUT2D eigenvalue weighted by molar-refractivity contribution is 5.68. The molecule has 0 aromatic carbocycles. The number of hydrazine groups is 1. The SMILES string of the molecule is CCCCCCCCCCCCCCCCCCCCCCCCCCCCNNCC(=O)O. The number of hydrogen-bond acceptors (Lipinski definition) is 3. The van der Waals surface area contributed by atoms with Gasteiger partial charge >= 0.3 is 5.97 Å². The first-order valence-electron chi connectivity index (χ1n) is 15.4. The molecule has 204 valence electrons. The third-order valence-corrected chi connectivity index (χ3v) is 7.02. The zero-order valence-corrected chi connectivity index (χ0v) is 23.2. The second-order valence-corrected chi connectivity index (χ2v) is 10.5. The molecule has 0 bridgehead atoms. The standard InChI is InChI=1S/C30H62N2O2/c1-2-3-4-5-6-7-8-9-10-11-12-13-14-15-16-17-18-19-20-21-22-23-24-25-26-27-28-31-32-29-30(33)34/h31-32H,2-29H2,1H3,(H,33,34). The molecule has 34 heavy (non-hydrogen) atoms. The lowest BCUT2D eigenvalue weighted by Crippen LogP contribution is -2.36. The van der Waals surface area contributed by atoms with Crippen molar-refractivity contribution in [1.29, 1.82) is 0 Å². The molecule has 4 heteroatoms. The molecule has 0 unspecified atom stereocenters. The van der Waals surface area contributed by atoms with E-state index in [9.17, 15) is 4.79 Å². The van der Waals surface area contributed by atoms with Gasteiger partial charge in [-0.25, -0.2) is 5.43 Å². The second kappa shape index (κ2) is 30.4. The van der Waals surface area contributed by atoms with Gasteiger partial charge in [0, 0.05) is 6.54 Å². The van der Waals surface area contributed by atoms with Crippen LogP contribution in [0.2, 0.25) is 0 Å². The number of aliphatic carboxylic acids is 1. The highest BCUT2D eigenvalue weighted by Gasteiger charge is 1.97. The summed E-state index contributed by atoms with van der Waals surface area (Å²) in [5.41, 5.74) is 5.66. The average molecular weight is 483 g/mol. The number of carbonyl (C=O) groups is 1. The van der Waals surface area contributed by atoms with Gasteiger partial charge in [0.15, 0.2) is 0 Å². The van der Waals surface area contributed by atoms with E-state index in [1.165, 1.54) is 161 Å². The van der Waals surface area contributed by atoms with E-state index < -0.39 is 5.97 Å². The summed E-state index contributed by atoms with van der Waals surface area (Å²) in [7, 11) is 0. The van der Waals surface area contributed by atoms with Crippen LogP contribution < -0.4 is 10.9 Å². The number of carboxylic acids is 1. The third kappa shape index (κ3) is 31.4. The van der Waals surface area contributed by atoms with Gasteiger partial charge in [0.25, 0.3) is 0 Å². The maximum Gasteiger partial charge on any atom is 0.318 e. The van der Waals surface area contributed by atoms with Gasteiger partial charge < -0.3 is 5.11 Å². The molecular formula is C30H62N2O2. The van der Waals surface area contributed by atoms with Crippen molar-refractivity contribution in [1.82, 2.24) is 10.9 Å². The molecule has 0 aromatic heterocycles. The maximum absolute atomic E-state index is 10.3. The van der Waals surface area contributed by atoms with E-state index in [2.05, 4.69) is 17.8 Å². The smallest absolute Gasteiger partial charge is 0.318 e. The Balaban J connectivity index is 3.01. The Kier molecular flexibility index (Phi) is 29.9. The highest BCUT2D eigenvalue weighted by Crippen LogP contribution is 2.15. The minimum Gasteiger partial charge on any atom is -0.480 e. The van der Waals surface area contributed by atoms with Gasteiger partial charge in [-0.1, -0.05) is 167 Å². The summed E-state index contributed by atoms with van der Waals surface area (Å²) < 4.78 is 0.